The molecule has 0 spiro atoms. The molecule has 1 heterocycles. The van der Waals surface area contributed by atoms with E-state index in [4.69, 9.17) is 9.47 Å². The van der Waals surface area contributed by atoms with E-state index in [1.165, 1.54) is 16.7 Å². The first-order valence-corrected chi connectivity index (χ1v) is 8.40. The highest BCUT2D eigenvalue weighted by atomic mass is 35.5. The van der Waals surface area contributed by atoms with Crippen LogP contribution in [0.15, 0.2) is 24.3 Å². The Hall–Kier alpha value is -1.85. The fourth-order valence-electron chi connectivity index (χ4n) is 3.26. The number of benzene rings is 1. The van der Waals surface area contributed by atoms with E-state index < -0.39 is 11.9 Å². The number of ether oxygens (including phenoxy) is 2. The van der Waals surface area contributed by atoms with Crippen molar-refractivity contribution >= 4 is 29.7 Å². The first-order chi connectivity index (χ1) is 11.6. The Balaban J connectivity index is 0.00000225. The number of carbonyl (C=O) groups is 2. The number of piperidine rings is 1. The molecular weight excluding hydrogens is 342 g/mol. The fraction of sp³-hybridized carbons (Fsp3) is 0.474. The number of carbonyl (C=O) groups excluding carboxylic acids is 2. The third kappa shape index (κ3) is 4.22. The van der Waals surface area contributed by atoms with Crippen molar-refractivity contribution in [2.24, 2.45) is 5.92 Å². The van der Waals surface area contributed by atoms with Crippen LogP contribution in [0.1, 0.15) is 24.5 Å². The van der Waals surface area contributed by atoms with Crippen LogP contribution in [0.4, 0.5) is 0 Å². The predicted octanol–water partition coefficient (Wildman–Crippen LogP) is 2.51. The van der Waals surface area contributed by atoms with Gasteiger partial charge in [0, 0.05) is 26.1 Å². The molecule has 1 aliphatic heterocycles. The Morgan fingerprint density at radius 2 is 2.20 bits per heavy atom. The molecule has 136 valence electrons. The Morgan fingerprint density at radius 3 is 2.92 bits per heavy atom. The van der Waals surface area contributed by atoms with Gasteiger partial charge in [0.25, 0.3) is 0 Å². The van der Waals surface area contributed by atoms with Crippen LogP contribution in [0, 0.1) is 5.92 Å². The lowest BCUT2D eigenvalue weighted by Gasteiger charge is -2.31. The minimum atomic E-state index is -0.633. The highest BCUT2D eigenvalue weighted by Gasteiger charge is 2.33. The average molecular weight is 366 g/mol. The Labute approximate surface area is 154 Å². The number of hydrogen-bond donors (Lipinski definition) is 0. The smallest absolute Gasteiger partial charge is 0.317 e. The van der Waals surface area contributed by atoms with E-state index in [0.717, 1.165) is 18.7 Å². The maximum absolute atomic E-state index is 11.9. The highest BCUT2D eigenvalue weighted by molar-refractivity contribution is 5.99. The van der Waals surface area contributed by atoms with Gasteiger partial charge in [0.05, 0.1) is 13.7 Å². The second-order valence-corrected chi connectivity index (χ2v) is 6.21. The molecule has 1 unspecified atom stereocenters. The summed E-state index contributed by atoms with van der Waals surface area (Å²) in [5, 5.41) is 0. The molecule has 0 aromatic heterocycles. The molecule has 1 aromatic carbocycles. The van der Waals surface area contributed by atoms with E-state index in [0.29, 0.717) is 26.1 Å². The number of Topliss-reactive ketones (excluding diaryl/α,β-unsaturated/α-hetero) is 1. The third-order valence-corrected chi connectivity index (χ3v) is 4.71. The monoisotopic (exact) mass is 365 g/mol. The van der Waals surface area contributed by atoms with Gasteiger partial charge in [-0.2, -0.15) is 0 Å². The van der Waals surface area contributed by atoms with Crippen molar-refractivity contribution in [2.75, 3.05) is 33.4 Å². The van der Waals surface area contributed by atoms with Crippen molar-refractivity contribution in [3.05, 3.63) is 35.4 Å². The van der Waals surface area contributed by atoms with Crippen LogP contribution in [0.3, 0.4) is 0 Å². The molecule has 0 N–H and O–H groups in total. The van der Waals surface area contributed by atoms with E-state index in [-0.39, 0.29) is 18.2 Å². The fourth-order valence-corrected chi connectivity index (χ4v) is 3.26. The number of nitrogens with zero attached hydrogens (tertiary/aromatic N) is 1. The van der Waals surface area contributed by atoms with Gasteiger partial charge >= 0.3 is 5.97 Å². The van der Waals surface area contributed by atoms with Gasteiger partial charge in [-0.3, -0.25) is 14.5 Å². The zero-order chi connectivity index (χ0) is 17.1. The quantitative estimate of drug-likeness (QED) is 0.592. The average Bonchev–Trinajstić information content (AvgIpc) is 2.57. The van der Waals surface area contributed by atoms with Crippen LogP contribution in [0.25, 0.3) is 5.57 Å². The first-order valence-electron chi connectivity index (χ1n) is 8.40. The molecule has 1 aromatic rings. The van der Waals surface area contributed by atoms with E-state index in [1.54, 1.807) is 14.0 Å². The molecule has 6 heteroatoms. The molecule has 3 rings (SSSR count). The van der Waals surface area contributed by atoms with Gasteiger partial charge in [-0.15, -0.1) is 12.4 Å². The highest BCUT2D eigenvalue weighted by Crippen LogP contribution is 2.36. The van der Waals surface area contributed by atoms with E-state index in [9.17, 15) is 9.59 Å². The molecule has 25 heavy (non-hydrogen) atoms. The molecule has 1 saturated heterocycles. The Bertz CT molecular complexity index is 686. The number of methoxy groups -OCH3 is 1. The van der Waals surface area contributed by atoms with Gasteiger partial charge in [-0.1, -0.05) is 12.1 Å². The van der Waals surface area contributed by atoms with E-state index >= 15 is 0 Å². The third-order valence-electron chi connectivity index (χ3n) is 4.71. The SMILES string of the molecule is CCOC(=O)C1CN(C/C=C2/Cc3ccc(OC)cc32)CCC1=O.Cl. The lowest BCUT2D eigenvalue weighted by atomic mass is 9.82. The number of halogens is 1. The number of fused-ring (bicyclic) bond motifs is 1. The minimum absolute atomic E-state index is 0. The van der Waals surface area contributed by atoms with Crippen molar-refractivity contribution in [2.45, 2.75) is 19.8 Å². The second-order valence-electron chi connectivity index (χ2n) is 6.21. The van der Waals surface area contributed by atoms with Crippen molar-refractivity contribution < 1.29 is 19.1 Å². The number of allylic oxidation sites excluding steroid dienone is 1. The van der Waals surface area contributed by atoms with Crippen molar-refractivity contribution in [1.29, 1.82) is 0 Å². The lowest BCUT2D eigenvalue weighted by molar-refractivity contribution is -0.153. The summed E-state index contributed by atoms with van der Waals surface area (Å²) in [4.78, 5) is 26.0. The Kier molecular flexibility index (Phi) is 6.62. The number of rotatable bonds is 5. The number of hydrogen-bond acceptors (Lipinski definition) is 5. The minimum Gasteiger partial charge on any atom is -0.497 e. The van der Waals surface area contributed by atoms with Gasteiger partial charge < -0.3 is 9.47 Å². The summed E-state index contributed by atoms with van der Waals surface area (Å²) in [6.07, 6.45) is 3.57. The van der Waals surface area contributed by atoms with Gasteiger partial charge in [-0.05, 0) is 42.2 Å². The summed E-state index contributed by atoms with van der Waals surface area (Å²) in [6, 6.07) is 6.14. The van der Waals surface area contributed by atoms with Gasteiger partial charge in [0.15, 0.2) is 0 Å². The maximum Gasteiger partial charge on any atom is 0.317 e. The van der Waals surface area contributed by atoms with Gasteiger partial charge in [0.1, 0.15) is 17.5 Å². The normalized spacial score (nSPS) is 21.1. The Morgan fingerprint density at radius 1 is 1.40 bits per heavy atom. The molecule has 0 radical (unpaired) electrons. The second kappa shape index (κ2) is 8.50. The van der Waals surface area contributed by atoms with Crippen molar-refractivity contribution in [3.8, 4) is 5.75 Å². The zero-order valence-corrected chi connectivity index (χ0v) is 15.4. The molecule has 1 aliphatic carbocycles. The summed E-state index contributed by atoms with van der Waals surface area (Å²) in [5.41, 5.74) is 3.87. The largest absolute Gasteiger partial charge is 0.497 e. The summed E-state index contributed by atoms with van der Waals surface area (Å²) in [6.45, 7) is 3.96. The summed E-state index contributed by atoms with van der Waals surface area (Å²) in [5.74, 6) is -0.161. The maximum atomic E-state index is 11.9. The van der Waals surface area contributed by atoms with E-state index in [2.05, 4.69) is 23.1 Å². The summed E-state index contributed by atoms with van der Waals surface area (Å²) < 4.78 is 10.3. The lowest BCUT2D eigenvalue weighted by Crippen LogP contribution is -2.44. The van der Waals surface area contributed by atoms with Crippen LogP contribution in [-0.4, -0.2) is 50.0 Å². The molecule has 2 aliphatic rings. The molecule has 5 nitrogen and oxygen atoms in total. The predicted molar refractivity (Wildman–Crippen MR) is 98.1 cm³/mol. The number of esters is 1. The van der Waals surface area contributed by atoms with Gasteiger partial charge in [0.2, 0.25) is 0 Å². The van der Waals surface area contributed by atoms with Crippen LogP contribution in [0.5, 0.6) is 5.75 Å². The molecule has 0 saturated carbocycles. The number of likely N-dealkylation sites (tertiary alicyclic amines) is 1. The van der Waals surface area contributed by atoms with Crippen LogP contribution in [-0.2, 0) is 20.7 Å². The summed E-state index contributed by atoms with van der Waals surface area (Å²) >= 11 is 0. The molecule has 1 fully saturated rings. The molecule has 0 amide bonds. The molecular formula is C19H24ClNO4. The van der Waals surface area contributed by atoms with Gasteiger partial charge in [-0.25, -0.2) is 0 Å². The van der Waals surface area contributed by atoms with E-state index in [1.807, 2.05) is 6.07 Å². The number of ketones is 1. The van der Waals surface area contributed by atoms with Crippen molar-refractivity contribution in [3.63, 3.8) is 0 Å². The van der Waals surface area contributed by atoms with Crippen LogP contribution in [0.2, 0.25) is 0 Å². The van der Waals surface area contributed by atoms with Crippen molar-refractivity contribution in [1.82, 2.24) is 4.90 Å². The van der Waals surface area contributed by atoms with Crippen LogP contribution >= 0.6 is 12.4 Å². The standard InChI is InChI=1S/C19H23NO4.ClH/c1-3-24-19(22)17-12-20(9-7-18(17)21)8-6-14-10-13-4-5-15(23-2)11-16(13)14;/h4-6,11,17H,3,7-10,12H2,1-2H3;1H/b14-6-;. The summed E-state index contributed by atoms with van der Waals surface area (Å²) in [7, 11) is 1.67. The first kappa shape index (κ1) is 19.5. The molecule has 1 atom stereocenters. The zero-order valence-electron chi connectivity index (χ0n) is 14.6. The molecule has 0 bridgehead atoms. The van der Waals surface area contributed by atoms with Crippen LogP contribution < -0.4 is 4.74 Å². The topological polar surface area (TPSA) is 55.8 Å².